The first-order chi connectivity index (χ1) is 21.4. The van der Waals surface area contributed by atoms with E-state index in [4.69, 9.17) is 9.94 Å². The number of piperidine rings is 1. The number of nitrogens with zero attached hydrogens (tertiary/aromatic N) is 4. The van der Waals surface area contributed by atoms with Gasteiger partial charge in [-0.15, -0.1) is 0 Å². The minimum Gasteiger partial charge on any atom is -0.504 e. The molecule has 11 heteroatoms. The van der Waals surface area contributed by atoms with Crippen LogP contribution >= 0.6 is 0 Å². The third-order valence-electron chi connectivity index (χ3n) is 7.60. The first-order valence-electron chi connectivity index (χ1n) is 14.1. The molecule has 224 valence electrons. The Bertz CT molecular complexity index is 1690. The van der Waals surface area contributed by atoms with Crippen LogP contribution in [0, 0.1) is 11.3 Å². The van der Waals surface area contributed by atoms with E-state index in [9.17, 15) is 20.3 Å². The third kappa shape index (κ3) is 6.78. The average molecular weight is 593 g/mol. The summed E-state index contributed by atoms with van der Waals surface area (Å²) in [6.45, 7) is 2.06. The van der Waals surface area contributed by atoms with Crippen molar-refractivity contribution in [2.75, 3.05) is 25.1 Å². The van der Waals surface area contributed by atoms with E-state index in [-0.39, 0.29) is 23.2 Å². The highest BCUT2D eigenvalue weighted by atomic mass is 16.5. The number of benzene rings is 2. The molecule has 0 aliphatic carbocycles. The zero-order valence-corrected chi connectivity index (χ0v) is 24.1. The Morgan fingerprint density at radius 3 is 2.45 bits per heavy atom. The van der Waals surface area contributed by atoms with Crippen molar-refractivity contribution in [3.63, 3.8) is 0 Å². The number of nitriles is 1. The zero-order valence-electron chi connectivity index (χ0n) is 24.1. The molecule has 11 nitrogen and oxygen atoms in total. The molecule has 1 fully saturated rings. The van der Waals surface area contributed by atoms with Crippen LogP contribution in [-0.4, -0.2) is 57.5 Å². The maximum Gasteiger partial charge on any atom is 0.267 e. The monoisotopic (exact) mass is 592 g/mol. The lowest BCUT2D eigenvalue weighted by Gasteiger charge is -2.34. The third-order valence-corrected chi connectivity index (χ3v) is 7.60. The first kappa shape index (κ1) is 30.0. The predicted octanol–water partition coefficient (Wildman–Crippen LogP) is 4.38. The Morgan fingerprint density at radius 1 is 1.07 bits per heavy atom. The van der Waals surface area contributed by atoms with E-state index in [1.165, 1.54) is 13.2 Å². The van der Waals surface area contributed by atoms with Crippen molar-refractivity contribution in [3.8, 4) is 45.6 Å². The van der Waals surface area contributed by atoms with Crippen LogP contribution in [0.5, 0.6) is 17.2 Å². The van der Waals surface area contributed by atoms with Gasteiger partial charge in [0.15, 0.2) is 23.1 Å². The number of phenols is 1. The number of carbonyl (C=O) groups is 1. The molecule has 0 radical (unpaired) electrons. The van der Waals surface area contributed by atoms with Gasteiger partial charge in [-0.2, -0.15) is 5.26 Å². The van der Waals surface area contributed by atoms with Crippen LogP contribution in [-0.2, 0) is 11.3 Å². The molecule has 0 bridgehead atoms. The van der Waals surface area contributed by atoms with Crippen LogP contribution in [0.15, 0.2) is 73.1 Å². The van der Waals surface area contributed by atoms with E-state index in [1.807, 2.05) is 30.3 Å². The largest absolute Gasteiger partial charge is 0.504 e. The van der Waals surface area contributed by atoms with E-state index in [0.717, 1.165) is 24.0 Å². The topological polar surface area (TPSA) is 164 Å². The summed E-state index contributed by atoms with van der Waals surface area (Å²) in [4.78, 5) is 22.1. The number of carbonyl (C=O) groups excluding carboxylic acids is 1. The highest BCUT2D eigenvalue weighted by molar-refractivity contribution is 5.91. The molecule has 1 amide bonds. The summed E-state index contributed by atoms with van der Waals surface area (Å²) in [5.74, 6) is 0.178. The van der Waals surface area contributed by atoms with Crippen LogP contribution in [0.2, 0.25) is 0 Å². The number of hydrogen-bond donors (Lipinski definition) is 5. The Kier molecular flexibility index (Phi) is 9.34. The van der Waals surface area contributed by atoms with Crippen LogP contribution in [0.3, 0.4) is 0 Å². The minimum atomic E-state index is -0.582. The maximum absolute atomic E-state index is 11.6. The smallest absolute Gasteiger partial charge is 0.267 e. The molecule has 1 saturated heterocycles. The molecule has 0 unspecified atom stereocenters. The second kappa shape index (κ2) is 13.7. The number of phenolic OH excluding ortho intramolecular Hbond substituents is 1. The van der Waals surface area contributed by atoms with E-state index in [1.54, 1.807) is 54.3 Å². The van der Waals surface area contributed by atoms with E-state index in [2.05, 4.69) is 20.2 Å². The molecule has 4 aromatic rings. The number of hydrogen-bond acceptors (Lipinski definition) is 10. The van der Waals surface area contributed by atoms with Crippen LogP contribution in [0.4, 0.5) is 5.82 Å². The van der Waals surface area contributed by atoms with Gasteiger partial charge in [-0.05, 0) is 59.9 Å². The molecule has 1 aliphatic rings. The molecule has 0 atom stereocenters. The first-order valence-corrected chi connectivity index (χ1v) is 14.1. The highest BCUT2D eigenvalue weighted by Crippen LogP contribution is 2.44. The fraction of sp³-hybridized carbons (Fsp3) is 0.212. The maximum atomic E-state index is 11.6. The molecule has 3 heterocycles. The van der Waals surface area contributed by atoms with Gasteiger partial charge in [0.05, 0.1) is 7.11 Å². The van der Waals surface area contributed by atoms with Gasteiger partial charge < -0.3 is 25.2 Å². The lowest BCUT2D eigenvalue weighted by Crippen LogP contribution is -2.42. The molecule has 5 N–H and O–H groups in total. The van der Waals surface area contributed by atoms with Crippen LogP contribution < -0.4 is 20.4 Å². The second-order valence-corrected chi connectivity index (χ2v) is 10.3. The lowest BCUT2D eigenvalue weighted by atomic mass is 9.95. The second-order valence-electron chi connectivity index (χ2n) is 10.3. The number of anilines is 1. The number of ether oxygens (including phenoxy) is 1. The van der Waals surface area contributed by atoms with Crippen LogP contribution in [0.25, 0.3) is 28.3 Å². The van der Waals surface area contributed by atoms with Crippen molar-refractivity contribution < 1.29 is 25.0 Å². The molecule has 2 aromatic heterocycles. The summed E-state index contributed by atoms with van der Waals surface area (Å²) in [7, 11) is 1.48. The number of aromatic hydroxyl groups is 2. The number of nitrogens with one attached hydrogen (secondary N) is 2. The Labute approximate surface area is 254 Å². The van der Waals surface area contributed by atoms with E-state index >= 15 is 0 Å². The lowest BCUT2D eigenvalue weighted by molar-refractivity contribution is -0.124. The SMILES string of the molecule is COc1ccc(-c2cnc(N3CCC(NCc4ccc(/C=C/C(=O)NO)cc4)CC3)c(O)c2-c2ccc(C#N)nc2)cc1O. The number of hydroxylamine groups is 1. The van der Waals surface area contributed by atoms with Gasteiger partial charge in [0.1, 0.15) is 11.8 Å². The molecule has 5 rings (SSSR count). The molecule has 2 aromatic carbocycles. The number of rotatable bonds is 9. The summed E-state index contributed by atoms with van der Waals surface area (Å²) < 4.78 is 5.18. The van der Waals surface area contributed by atoms with Gasteiger partial charge >= 0.3 is 0 Å². The van der Waals surface area contributed by atoms with Gasteiger partial charge in [0, 0.05) is 60.8 Å². The fourth-order valence-electron chi connectivity index (χ4n) is 5.21. The van der Waals surface area contributed by atoms with Crippen molar-refractivity contribution >= 4 is 17.8 Å². The number of amides is 1. The van der Waals surface area contributed by atoms with Gasteiger partial charge in [-0.25, -0.2) is 15.4 Å². The predicted molar refractivity (Wildman–Crippen MR) is 165 cm³/mol. The number of aromatic nitrogens is 2. The van der Waals surface area contributed by atoms with Gasteiger partial charge in [-0.3, -0.25) is 10.0 Å². The molecular formula is C33H32N6O5. The van der Waals surface area contributed by atoms with Crippen molar-refractivity contribution in [2.45, 2.75) is 25.4 Å². The summed E-state index contributed by atoms with van der Waals surface area (Å²) in [6.07, 6.45) is 7.81. The molecule has 1 aliphatic heterocycles. The summed E-state index contributed by atoms with van der Waals surface area (Å²) in [5.41, 5.74) is 6.15. The van der Waals surface area contributed by atoms with E-state index < -0.39 is 5.91 Å². The molecule has 0 spiro atoms. The summed E-state index contributed by atoms with van der Waals surface area (Å²) in [6, 6.07) is 18.4. The van der Waals surface area contributed by atoms with Crippen molar-refractivity contribution in [3.05, 3.63) is 89.9 Å². The molecule has 0 saturated carbocycles. The number of methoxy groups -OCH3 is 1. The Morgan fingerprint density at radius 2 is 1.82 bits per heavy atom. The molecule has 44 heavy (non-hydrogen) atoms. The van der Waals surface area contributed by atoms with Gasteiger partial charge in [0.2, 0.25) is 0 Å². The van der Waals surface area contributed by atoms with E-state index in [0.29, 0.717) is 53.5 Å². The summed E-state index contributed by atoms with van der Waals surface area (Å²) >= 11 is 0. The van der Waals surface area contributed by atoms with Crippen molar-refractivity contribution in [1.29, 1.82) is 5.26 Å². The van der Waals surface area contributed by atoms with Gasteiger partial charge in [0.25, 0.3) is 5.91 Å². The van der Waals surface area contributed by atoms with Gasteiger partial charge in [-0.1, -0.05) is 30.3 Å². The normalized spacial score (nSPS) is 13.5. The number of pyridine rings is 2. The van der Waals surface area contributed by atoms with Crippen molar-refractivity contribution in [2.24, 2.45) is 0 Å². The fourth-order valence-corrected chi connectivity index (χ4v) is 5.21. The average Bonchev–Trinajstić information content (AvgIpc) is 3.07. The van der Waals surface area contributed by atoms with Crippen LogP contribution in [0.1, 0.15) is 29.7 Å². The quantitative estimate of drug-likeness (QED) is 0.107. The molecular weight excluding hydrogens is 560 g/mol. The Balaban J connectivity index is 1.31. The summed E-state index contributed by atoms with van der Waals surface area (Å²) in [5, 5.41) is 43.5. The standard InChI is InChI=1S/C33H32N6O5/c1-44-29-10-8-23(16-28(29)40)27-20-37-33(32(42)31(27)24-7-9-26(17-34)36-19-24)39-14-12-25(13-15-39)35-18-22-4-2-21(3-5-22)6-11-30(41)38-43/h2-11,16,19-20,25,35,40,42-43H,12-15,18H2,1H3,(H,38,41)/b11-6+. The van der Waals surface area contributed by atoms with Crippen molar-refractivity contribution in [1.82, 2.24) is 20.8 Å². The minimum absolute atomic E-state index is 0.00124. The Hall–Kier alpha value is -5.44. The highest BCUT2D eigenvalue weighted by Gasteiger charge is 2.25. The zero-order chi connectivity index (χ0) is 31.1.